The van der Waals surface area contributed by atoms with Gasteiger partial charge in [-0.2, -0.15) is 13.2 Å². The number of hydrogen-bond acceptors (Lipinski definition) is 6. The Morgan fingerprint density at radius 2 is 0.970 bits per heavy atom. The maximum Gasteiger partial charge on any atom is 0.455 e. The minimum absolute atomic E-state index is 0. The van der Waals surface area contributed by atoms with Crippen molar-refractivity contribution in [3.63, 3.8) is 0 Å². The van der Waals surface area contributed by atoms with Crippen LogP contribution in [-0.4, -0.2) is 17.1 Å². The van der Waals surface area contributed by atoms with Crippen molar-refractivity contribution in [2.75, 3.05) is 0 Å². The molecule has 0 unspecified atom stereocenters. The van der Waals surface area contributed by atoms with E-state index in [0.29, 0.717) is 10.8 Å². The molecule has 9 rings (SSSR count). The monoisotopic (exact) mass is 1060 g/mol. The van der Waals surface area contributed by atoms with Crippen LogP contribution in [0.25, 0.3) is 32.5 Å². The number of rotatable bonds is 8. The number of allylic oxidation sites excluding steroid dienone is 3. The maximum absolute atomic E-state index is 13.8. The van der Waals surface area contributed by atoms with E-state index in [9.17, 15) is 37.0 Å². The molecule has 0 fully saturated rings. The first-order chi connectivity index (χ1) is 31.3. The van der Waals surface area contributed by atoms with Crippen LogP contribution in [0, 0.1) is 49.4 Å². The molecule has 8 aromatic carbocycles. The van der Waals surface area contributed by atoms with E-state index >= 15 is 0 Å². The second kappa shape index (κ2) is 21.7. The summed E-state index contributed by atoms with van der Waals surface area (Å²) >= 11 is 0. The van der Waals surface area contributed by atoms with E-state index in [4.69, 9.17) is 4.42 Å². The molecule has 0 spiro atoms. The van der Waals surface area contributed by atoms with Crippen molar-refractivity contribution in [1.29, 1.82) is 0 Å². The molecule has 66 heavy (non-hydrogen) atoms. The van der Waals surface area contributed by atoms with Crippen molar-refractivity contribution in [3.8, 4) is 5.75 Å². The van der Waals surface area contributed by atoms with E-state index in [1.54, 1.807) is 18.2 Å². The van der Waals surface area contributed by atoms with Gasteiger partial charge in [-0.25, -0.2) is 4.79 Å². The van der Waals surface area contributed by atoms with Crippen molar-refractivity contribution in [2.45, 2.75) is 13.1 Å². The molecule has 331 valence electrons. The van der Waals surface area contributed by atoms with Crippen molar-refractivity contribution in [2.24, 2.45) is 0 Å². The molecule has 0 amide bonds. The molecule has 0 aliphatic rings. The third-order valence-electron chi connectivity index (χ3n) is 10.7. The van der Waals surface area contributed by atoms with Gasteiger partial charge in [-0.05, 0) is 41.3 Å². The molecular formula is C54H41EuF3O6P2. The van der Waals surface area contributed by atoms with Gasteiger partial charge in [-0.3, -0.25) is 4.79 Å². The molecule has 0 saturated carbocycles. The smallest absolute Gasteiger partial charge is 0.455 e. The molecule has 0 saturated heterocycles. The molecule has 0 aliphatic heterocycles. The Balaban J connectivity index is 0.000000165. The molecule has 0 bridgehead atoms. The molecule has 1 heterocycles. The van der Waals surface area contributed by atoms with E-state index in [-0.39, 0.29) is 60.3 Å². The minimum Gasteiger partial charge on any atom is -0.506 e. The fourth-order valence-electron chi connectivity index (χ4n) is 7.51. The summed E-state index contributed by atoms with van der Waals surface area (Å²) in [5.74, 6) is -3.47. The molecule has 0 aliphatic carbocycles. The summed E-state index contributed by atoms with van der Waals surface area (Å²) in [6.07, 6.45) is -1.72. The zero-order chi connectivity index (χ0) is 46.2. The van der Waals surface area contributed by atoms with E-state index in [1.807, 2.05) is 195 Å². The molecule has 6 nitrogen and oxygen atoms in total. The van der Waals surface area contributed by atoms with Gasteiger partial charge < -0.3 is 18.7 Å². The molecular weight excluding hydrogens is 1020 g/mol. The van der Waals surface area contributed by atoms with E-state index < -0.39 is 43.2 Å². The fraction of sp³-hybridized carbons (Fsp3) is 0.0370. The molecule has 1 aromatic heterocycles. The van der Waals surface area contributed by atoms with Gasteiger partial charge in [0.2, 0.25) is 0 Å². The molecule has 0 atom stereocenters. The van der Waals surface area contributed by atoms with Crippen LogP contribution in [0.1, 0.15) is 17.3 Å². The Morgan fingerprint density at radius 1 is 0.576 bits per heavy atom. The van der Waals surface area contributed by atoms with Crippen molar-refractivity contribution < 1.29 is 86.0 Å². The van der Waals surface area contributed by atoms with Crippen LogP contribution < -0.4 is 32.1 Å². The van der Waals surface area contributed by atoms with Crippen LogP contribution in [0.4, 0.5) is 13.2 Å². The largest absolute Gasteiger partial charge is 0.506 e. The standard InChI is InChI=1S/C19H9F3O4.C18H15OP.C17H17OP.Eu/c20-19(21,22)17(24)14-15(23)12-6-5-11-7-9-3-1-2-4-10(9)8-13(11)16(12)26-18(14)25;19-20(16-10-4-1-5-11-16,17-12-6-2-7-13-17)18-14-8-3-9-15-18;1-3-15(4-2)19(18,16-11-7-5-8-12-16)17-13-9-6-10-14-17;/h1-8,23H;1-15H;3-14H,1H2,2H3;/b;;15-4+;. The summed E-state index contributed by atoms with van der Waals surface area (Å²) in [4.78, 5) is 23.4. The van der Waals surface area contributed by atoms with Gasteiger partial charge >= 0.3 is 11.8 Å². The van der Waals surface area contributed by atoms with Gasteiger partial charge in [-0.1, -0.05) is 201 Å². The van der Waals surface area contributed by atoms with Crippen LogP contribution in [0.5, 0.6) is 5.75 Å². The van der Waals surface area contributed by atoms with Gasteiger partial charge in [-0.15, -0.1) is 0 Å². The van der Waals surface area contributed by atoms with Crippen molar-refractivity contribution in [3.05, 3.63) is 240 Å². The first-order valence-electron chi connectivity index (χ1n) is 20.3. The van der Waals surface area contributed by atoms with Crippen molar-refractivity contribution in [1.82, 2.24) is 0 Å². The normalized spacial score (nSPS) is 11.7. The number of halogens is 3. The number of benzene rings is 8. The molecule has 12 heteroatoms. The third kappa shape index (κ3) is 10.3. The summed E-state index contributed by atoms with van der Waals surface area (Å²) < 4.78 is 70.5. The number of carbonyl (C=O) groups excluding carboxylic acids is 1. The number of hydrogen-bond donors (Lipinski definition) is 1. The predicted octanol–water partition coefficient (Wildman–Crippen LogP) is 12.0. The zero-order valence-electron chi connectivity index (χ0n) is 35.3. The first-order valence-corrected chi connectivity index (χ1v) is 23.7. The van der Waals surface area contributed by atoms with Gasteiger partial charge in [0.1, 0.15) is 11.3 Å². The Morgan fingerprint density at radius 3 is 1.36 bits per heavy atom. The third-order valence-corrected chi connectivity index (χ3v) is 17.0. The Kier molecular flexibility index (Phi) is 16.4. The van der Waals surface area contributed by atoms with Gasteiger partial charge in [0.25, 0.3) is 5.78 Å². The zero-order valence-corrected chi connectivity index (χ0v) is 39.5. The SMILES string of the molecule is C=C/C(=C\C)P(=O)(c1ccccc1)c1ccccc1.O=C(c1c(O)c2ccc3cc4ccccc4cc3c2oc1=O)C(F)(F)F.O=P(c1ccccc1)(c1ccccc1)c1ccccc1.[Eu]. The van der Waals surface area contributed by atoms with Gasteiger partial charge in [0.15, 0.2) is 19.8 Å². The van der Waals surface area contributed by atoms with Crippen molar-refractivity contribution >= 4 is 79.1 Å². The number of Topliss-reactive ketones (excluding diaryl/α,β-unsaturated/α-hetero) is 1. The van der Waals surface area contributed by atoms with Crippen LogP contribution in [0.2, 0.25) is 0 Å². The summed E-state index contributed by atoms with van der Waals surface area (Å²) in [7, 11) is -5.57. The number of fused-ring (bicyclic) bond motifs is 4. The summed E-state index contributed by atoms with van der Waals surface area (Å²) in [5, 5.41) is 18.0. The van der Waals surface area contributed by atoms with Crippen LogP contribution in [0.15, 0.2) is 233 Å². The summed E-state index contributed by atoms with van der Waals surface area (Å²) in [6, 6.07) is 62.2. The average Bonchev–Trinajstić information content (AvgIpc) is 3.35. The Bertz CT molecular complexity index is 3180. The number of alkyl halides is 3. The number of aromatic hydroxyl groups is 1. The van der Waals surface area contributed by atoms with E-state index in [0.717, 1.165) is 42.6 Å². The van der Waals surface area contributed by atoms with E-state index in [1.165, 1.54) is 6.07 Å². The van der Waals surface area contributed by atoms with Crippen LogP contribution >= 0.6 is 14.3 Å². The minimum atomic E-state index is -5.30. The second-order valence-corrected chi connectivity index (χ2v) is 20.2. The Hall–Kier alpha value is -5.73. The summed E-state index contributed by atoms with van der Waals surface area (Å²) in [6.45, 7) is 5.71. The fourth-order valence-corrected chi connectivity index (χ4v) is 12.9. The Labute approximate surface area is 420 Å². The molecule has 1 radical (unpaired) electrons. The van der Waals surface area contributed by atoms with Crippen LogP contribution in [0.3, 0.4) is 0 Å². The van der Waals surface area contributed by atoms with Gasteiger partial charge in [0, 0.05) is 86.6 Å². The maximum atomic E-state index is 13.8. The van der Waals surface area contributed by atoms with Crippen LogP contribution in [-0.2, 0) is 9.13 Å². The molecule has 1 N–H and O–H groups in total. The first kappa shape index (κ1) is 49.7. The predicted molar refractivity (Wildman–Crippen MR) is 259 cm³/mol. The molecule has 9 aromatic rings. The number of carbonyl (C=O) groups is 1. The summed E-state index contributed by atoms with van der Waals surface area (Å²) in [5.41, 5.74) is -3.02. The average molecular weight is 1060 g/mol. The number of ketones is 1. The van der Waals surface area contributed by atoms with E-state index in [2.05, 4.69) is 6.58 Å². The second-order valence-electron chi connectivity index (χ2n) is 14.6. The topological polar surface area (TPSA) is 102 Å². The quantitative estimate of drug-likeness (QED) is 0.0406. The van der Waals surface area contributed by atoms with Gasteiger partial charge in [0.05, 0.1) is 5.39 Å².